The van der Waals surface area contributed by atoms with E-state index in [-0.39, 0.29) is 11.9 Å². The average Bonchev–Trinajstić information content (AvgIpc) is 3.16. The first-order chi connectivity index (χ1) is 17.3. The highest BCUT2D eigenvalue weighted by atomic mass is 32.2. The van der Waals surface area contributed by atoms with Crippen molar-refractivity contribution in [2.24, 2.45) is 4.99 Å². The van der Waals surface area contributed by atoms with Crippen molar-refractivity contribution in [3.8, 4) is 5.75 Å². The second-order valence-corrected chi connectivity index (χ2v) is 10.9. The largest absolute Gasteiger partial charge is 0.483 e. The van der Waals surface area contributed by atoms with Crippen LogP contribution in [0.5, 0.6) is 5.75 Å². The summed E-state index contributed by atoms with van der Waals surface area (Å²) in [5.74, 6) is 0.467. The van der Waals surface area contributed by atoms with Crippen molar-refractivity contribution in [3.05, 3.63) is 96.5 Å². The number of allylic oxidation sites excluding steroid dienone is 1. The third-order valence-electron chi connectivity index (χ3n) is 6.21. The van der Waals surface area contributed by atoms with Gasteiger partial charge in [-0.25, -0.2) is 4.39 Å². The van der Waals surface area contributed by atoms with Crippen molar-refractivity contribution in [3.63, 3.8) is 0 Å². The summed E-state index contributed by atoms with van der Waals surface area (Å²) in [5.41, 5.74) is 4.70. The minimum atomic E-state index is -0.524. The Bertz CT molecular complexity index is 1120. The maximum atomic E-state index is 13.0. The molecule has 36 heavy (non-hydrogen) atoms. The number of ether oxygens (including phenoxy) is 1. The van der Waals surface area contributed by atoms with E-state index in [4.69, 9.17) is 4.74 Å². The van der Waals surface area contributed by atoms with Gasteiger partial charge in [0, 0.05) is 53.1 Å². The Labute approximate surface area is 217 Å². The molecule has 0 bridgehead atoms. The van der Waals surface area contributed by atoms with Crippen LogP contribution in [0, 0.1) is 5.82 Å². The quantitative estimate of drug-likeness (QED) is 0.314. The fourth-order valence-electron chi connectivity index (χ4n) is 3.84. The van der Waals surface area contributed by atoms with E-state index in [1.54, 1.807) is 30.7 Å². The van der Waals surface area contributed by atoms with Crippen molar-refractivity contribution < 1.29 is 13.3 Å². The third-order valence-corrected chi connectivity index (χ3v) is 7.62. The number of nitrogens with zero attached hydrogens (tertiary/aromatic N) is 3. The first kappa shape index (κ1) is 27.5. The van der Waals surface area contributed by atoms with Gasteiger partial charge in [-0.2, -0.15) is 0 Å². The second kappa shape index (κ2) is 13.3. The van der Waals surface area contributed by atoms with Crippen LogP contribution in [0.15, 0.2) is 84.4 Å². The first-order valence-electron chi connectivity index (χ1n) is 12.2. The summed E-state index contributed by atoms with van der Waals surface area (Å²) >= 11 is 0. The molecular formula is C29H36FN3O2S. The van der Waals surface area contributed by atoms with Crippen LogP contribution < -0.4 is 4.74 Å². The zero-order valence-electron chi connectivity index (χ0n) is 21.5. The summed E-state index contributed by atoms with van der Waals surface area (Å²) in [5, 5.41) is 0.556. The third kappa shape index (κ3) is 7.98. The molecular weight excluding hydrogens is 473 g/mol. The molecule has 192 valence electrons. The Morgan fingerprint density at radius 1 is 1.22 bits per heavy atom. The minimum Gasteiger partial charge on any atom is -0.483 e. The standard InChI is InChI=1S/C24H26FN3O.C5H10OS/c1-5-22(15-26-17(2)3)28-13-12-24(18(28)4)29-23-11-10-21(27-16-23)14-19-6-8-20(25)9-7-19;1-7(6)5-3-2-4-5/h5-11,15-16,24H,1,4,12-14H2,2-3H3;5H,2-4H2,1H3/b22-15+;/t24-;/m1./s1. The fraction of sp³-hybridized carbons (Fsp3) is 0.379. The SMILES string of the molecule is C=C/C(=C\N=C(C)C)N1CC[C@@H](Oc2ccc(Cc3ccc(F)cc3)nc2)C1=C.CS(=O)C1CCC1. The van der Waals surface area contributed by atoms with E-state index >= 15 is 0 Å². The Morgan fingerprint density at radius 3 is 2.44 bits per heavy atom. The van der Waals surface area contributed by atoms with E-state index in [0.29, 0.717) is 17.4 Å². The normalized spacial score (nSPS) is 18.6. The highest BCUT2D eigenvalue weighted by Gasteiger charge is 2.29. The number of hydrogen-bond acceptors (Lipinski definition) is 5. The van der Waals surface area contributed by atoms with Gasteiger partial charge in [0.1, 0.15) is 17.7 Å². The van der Waals surface area contributed by atoms with Crippen LogP contribution in [-0.2, 0) is 17.2 Å². The van der Waals surface area contributed by atoms with Crippen LogP contribution in [0.2, 0.25) is 0 Å². The van der Waals surface area contributed by atoms with E-state index < -0.39 is 10.8 Å². The van der Waals surface area contributed by atoms with Crippen molar-refractivity contribution in [1.82, 2.24) is 9.88 Å². The average molecular weight is 510 g/mol. The molecule has 0 radical (unpaired) electrons. The lowest BCUT2D eigenvalue weighted by molar-refractivity contribution is 0.241. The molecule has 1 aromatic heterocycles. The number of hydrogen-bond donors (Lipinski definition) is 0. The van der Waals surface area contributed by atoms with Crippen molar-refractivity contribution >= 4 is 16.5 Å². The molecule has 2 aromatic rings. The van der Waals surface area contributed by atoms with Gasteiger partial charge < -0.3 is 9.64 Å². The predicted octanol–water partition coefficient (Wildman–Crippen LogP) is 6.20. The number of benzene rings is 1. The monoisotopic (exact) mass is 509 g/mol. The lowest BCUT2D eigenvalue weighted by Crippen LogP contribution is -2.21. The summed E-state index contributed by atoms with van der Waals surface area (Å²) in [6, 6.07) is 10.3. The molecule has 2 heterocycles. The van der Waals surface area contributed by atoms with E-state index in [0.717, 1.165) is 41.3 Å². The number of pyridine rings is 1. The summed E-state index contributed by atoms with van der Waals surface area (Å²) in [4.78, 5) is 10.9. The van der Waals surface area contributed by atoms with Crippen LogP contribution in [0.3, 0.4) is 0 Å². The maximum Gasteiger partial charge on any atom is 0.140 e. The number of aromatic nitrogens is 1. The molecule has 5 nitrogen and oxygen atoms in total. The van der Waals surface area contributed by atoms with Gasteiger partial charge in [0.2, 0.25) is 0 Å². The van der Waals surface area contributed by atoms with Gasteiger partial charge in [0.15, 0.2) is 0 Å². The van der Waals surface area contributed by atoms with Gasteiger partial charge in [0.25, 0.3) is 0 Å². The molecule has 2 aliphatic rings. The topological polar surface area (TPSA) is 54.8 Å². The van der Waals surface area contributed by atoms with Crippen LogP contribution in [-0.4, -0.2) is 44.0 Å². The number of halogens is 1. The second-order valence-electron chi connectivity index (χ2n) is 9.21. The maximum absolute atomic E-state index is 13.0. The smallest absolute Gasteiger partial charge is 0.140 e. The Balaban J connectivity index is 0.000000444. The molecule has 7 heteroatoms. The molecule has 4 rings (SSSR count). The molecule has 1 aliphatic carbocycles. The zero-order valence-corrected chi connectivity index (χ0v) is 22.3. The van der Waals surface area contributed by atoms with E-state index in [9.17, 15) is 8.60 Å². The highest BCUT2D eigenvalue weighted by molar-refractivity contribution is 7.84. The number of rotatable bonds is 8. The van der Waals surface area contributed by atoms with Gasteiger partial charge >= 0.3 is 0 Å². The summed E-state index contributed by atoms with van der Waals surface area (Å²) in [6.07, 6.45) is 12.2. The Morgan fingerprint density at radius 2 is 1.94 bits per heavy atom. The fourth-order valence-corrected chi connectivity index (χ4v) is 4.84. The first-order valence-corrected chi connectivity index (χ1v) is 13.9. The molecule has 1 unspecified atom stereocenters. The molecule has 2 fully saturated rings. The molecule has 0 amide bonds. The van der Waals surface area contributed by atoms with Gasteiger partial charge in [-0.3, -0.25) is 14.2 Å². The Hall–Kier alpha value is -3.06. The molecule has 0 spiro atoms. The molecule has 1 aromatic carbocycles. The summed E-state index contributed by atoms with van der Waals surface area (Å²) < 4.78 is 29.7. The van der Waals surface area contributed by atoms with Crippen molar-refractivity contribution in [2.75, 3.05) is 12.8 Å². The van der Waals surface area contributed by atoms with E-state index in [2.05, 4.69) is 28.0 Å². The molecule has 1 aliphatic heterocycles. The number of aliphatic imine (C=N–C) groups is 1. The molecule has 1 saturated heterocycles. The molecule has 0 N–H and O–H groups in total. The number of likely N-dealkylation sites (tertiary alicyclic amines) is 1. The van der Waals surface area contributed by atoms with Gasteiger partial charge in [0.05, 0.1) is 23.8 Å². The Kier molecular flexibility index (Phi) is 10.2. The lowest BCUT2D eigenvalue weighted by atomic mass is 10.0. The van der Waals surface area contributed by atoms with Crippen molar-refractivity contribution in [1.29, 1.82) is 0 Å². The molecule has 2 atom stereocenters. The van der Waals surface area contributed by atoms with Crippen LogP contribution in [0.1, 0.15) is 50.8 Å². The minimum absolute atomic E-state index is 0.116. The van der Waals surface area contributed by atoms with Crippen LogP contribution >= 0.6 is 0 Å². The van der Waals surface area contributed by atoms with Crippen LogP contribution in [0.4, 0.5) is 4.39 Å². The predicted molar refractivity (Wildman–Crippen MR) is 147 cm³/mol. The van der Waals surface area contributed by atoms with Crippen molar-refractivity contribution in [2.45, 2.75) is 57.3 Å². The molecule has 1 saturated carbocycles. The lowest BCUT2D eigenvalue weighted by Gasteiger charge is -2.22. The van der Waals surface area contributed by atoms with E-state index in [1.165, 1.54) is 31.4 Å². The summed E-state index contributed by atoms with van der Waals surface area (Å²) in [6.45, 7) is 12.8. The zero-order chi connectivity index (χ0) is 26.1. The highest BCUT2D eigenvalue weighted by Crippen LogP contribution is 2.29. The van der Waals surface area contributed by atoms with E-state index in [1.807, 2.05) is 32.2 Å². The van der Waals surface area contributed by atoms with Gasteiger partial charge in [-0.05, 0) is 62.6 Å². The van der Waals surface area contributed by atoms with Gasteiger partial charge in [-0.15, -0.1) is 0 Å². The van der Waals surface area contributed by atoms with Crippen LogP contribution in [0.25, 0.3) is 0 Å². The summed E-state index contributed by atoms with van der Waals surface area (Å²) in [7, 11) is -0.524. The van der Waals surface area contributed by atoms with Gasteiger partial charge in [-0.1, -0.05) is 31.7 Å².